The van der Waals surface area contributed by atoms with Gasteiger partial charge in [-0.1, -0.05) is 53.5 Å². The van der Waals surface area contributed by atoms with Crippen LogP contribution >= 0.6 is 23.2 Å². The Hall–Kier alpha value is -1.31. The molecule has 0 aliphatic rings. The molecule has 2 rings (SSSR count). The number of rotatable bonds is 2. The molecule has 17 heavy (non-hydrogen) atoms. The summed E-state index contributed by atoms with van der Waals surface area (Å²) in [5.41, 5.74) is 1.95. The van der Waals surface area contributed by atoms with E-state index in [4.69, 9.17) is 23.2 Å². The van der Waals surface area contributed by atoms with Crippen molar-refractivity contribution in [2.24, 2.45) is 0 Å². The number of halogens is 2. The first kappa shape index (κ1) is 12.2. The molecule has 0 aromatic heterocycles. The van der Waals surface area contributed by atoms with Crippen molar-refractivity contribution >= 4 is 29.0 Å². The van der Waals surface area contributed by atoms with E-state index >= 15 is 0 Å². The number of carbonyl (C=O) groups is 1. The number of carbonyl (C=O) groups excluding carboxylic acids is 1. The van der Waals surface area contributed by atoms with E-state index in [2.05, 4.69) is 0 Å². The molecule has 0 unspecified atom stereocenters. The number of benzene rings is 2. The molecule has 0 aliphatic carbocycles. The van der Waals surface area contributed by atoms with E-state index in [0.29, 0.717) is 26.7 Å². The Kier molecular flexibility index (Phi) is 3.51. The van der Waals surface area contributed by atoms with Crippen LogP contribution in [0.5, 0.6) is 0 Å². The van der Waals surface area contributed by atoms with Crippen LogP contribution in [0.1, 0.15) is 21.5 Å². The summed E-state index contributed by atoms with van der Waals surface area (Å²) in [4.78, 5) is 12.2. The Morgan fingerprint density at radius 1 is 1.00 bits per heavy atom. The van der Waals surface area contributed by atoms with Gasteiger partial charge in [0.1, 0.15) is 0 Å². The molecule has 0 saturated carbocycles. The summed E-state index contributed by atoms with van der Waals surface area (Å²) >= 11 is 11.9. The van der Waals surface area contributed by atoms with Crippen LogP contribution in [-0.2, 0) is 0 Å². The lowest BCUT2D eigenvalue weighted by Gasteiger charge is -2.07. The van der Waals surface area contributed by atoms with Crippen molar-refractivity contribution in [3.05, 3.63) is 69.2 Å². The highest BCUT2D eigenvalue weighted by Crippen LogP contribution is 2.28. The minimum Gasteiger partial charge on any atom is -0.289 e. The predicted molar refractivity (Wildman–Crippen MR) is 71.1 cm³/mol. The Morgan fingerprint density at radius 2 is 1.65 bits per heavy atom. The fourth-order valence-corrected chi connectivity index (χ4v) is 2.01. The van der Waals surface area contributed by atoms with Crippen molar-refractivity contribution in [3.63, 3.8) is 0 Å². The van der Waals surface area contributed by atoms with Gasteiger partial charge in [0, 0.05) is 11.1 Å². The van der Waals surface area contributed by atoms with E-state index in [0.717, 1.165) is 0 Å². The molecular formula is C14H10Cl2O. The molecule has 0 spiro atoms. The lowest BCUT2D eigenvalue weighted by molar-refractivity contribution is 0.103. The first-order valence-corrected chi connectivity index (χ1v) is 5.91. The molecule has 0 saturated heterocycles. The molecule has 0 fully saturated rings. The van der Waals surface area contributed by atoms with Gasteiger partial charge in [-0.15, -0.1) is 0 Å². The molecule has 0 atom stereocenters. The number of hydrogen-bond donors (Lipinski definition) is 0. The molecule has 3 heteroatoms. The molecule has 1 nitrogen and oxygen atoms in total. The van der Waals surface area contributed by atoms with Gasteiger partial charge in [-0.3, -0.25) is 4.79 Å². The van der Waals surface area contributed by atoms with Crippen molar-refractivity contribution in [2.45, 2.75) is 6.92 Å². The topological polar surface area (TPSA) is 17.1 Å². The van der Waals surface area contributed by atoms with E-state index in [1.54, 1.807) is 31.2 Å². The van der Waals surface area contributed by atoms with Crippen molar-refractivity contribution in [3.8, 4) is 0 Å². The van der Waals surface area contributed by atoms with Crippen molar-refractivity contribution < 1.29 is 4.79 Å². The molecule has 0 aliphatic heterocycles. The van der Waals surface area contributed by atoms with Crippen LogP contribution in [0, 0.1) is 6.92 Å². The highest BCUT2D eigenvalue weighted by Gasteiger charge is 2.14. The second-order valence-corrected chi connectivity index (χ2v) is 4.51. The highest BCUT2D eigenvalue weighted by atomic mass is 35.5. The van der Waals surface area contributed by atoms with Crippen LogP contribution < -0.4 is 0 Å². The van der Waals surface area contributed by atoms with Gasteiger partial charge >= 0.3 is 0 Å². The average molecular weight is 265 g/mol. The average Bonchev–Trinajstić information content (AvgIpc) is 2.36. The maximum absolute atomic E-state index is 12.2. The third-order valence-electron chi connectivity index (χ3n) is 2.62. The van der Waals surface area contributed by atoms with Gasteiger partial charge in [0.05, 0.1) is 10.0 Å². The second-order valence-electron chi connectivity index (χ2n) is 3.73. The summed E-state index contributed by atoms with van der Waals surface area (Å²) in [7, 11) is 0. The van der Waals surface area contributed by atoms with Crippen LogP contribution in [0.15, 0.2) is 42.5 Å². The smallest absolute Gasteiger partial charge is 0.193 e. The Bertz CT molecular complexity index is 562. The third-order valence-corrected chi connectivity index (χ3v) is 3.52. The maximum atomic E-state index is 12.2. The van der Waals surface area contributed by atoms with E-state index in [1.807, 2.05) is 18.2 Å². The standard InChI is InChI=1S/C14H10Cl2O/c1-9-11(7-8-12(15)13(9)16)14(17)10-5-3-2-4-6-10/h2-8H,1H3. The molecule has 0 amide bonds. The van der Waals surface area contributed by atoms with E-state index in [-0.39, 0.29) is 5.78 Å². The van der Waals surface area contributed by atoms with Gasteiger partial charge in [-0.25, -0.2) is 0 Å². The van der Waals surface area contributed by atoms with E-state index in [9.17, 15) is 4.79 Å². The summed E-state index contributed by atoms with van der Waals surface area (Å²) in [5, 5.41) is 0.905. The number of hydrogen-bond acceptors (Lipinski definition) is 1. The first-order chi connectivity index (χ1) is 8.11. The van der Waals surface area contributed by atoms with Gasteiger partial charge in [0.15, 0.2) is 5.78 Å². The normalized spacial score (nSPS) is 10.3. The third kappa shape index (κ3) is 2.36. The molecule has 0 bridgehead atoms. The predicted octanol–water partition coefficient (Wildman–Crippen LogP) is 4.53. The SMILES string of the molecule is Cc1c(C(=O)c2ccccc2)ccc(Cl)c1Cl. The summed E-state index contributed by atoms with van der Waals surface area (Å²) in [6.07, 6.45) is 0. The zero-order chi connectivity index (χ0) is 12.4. The molecule has 2 aromatic carbocycles. The zero-order valence-corrected chi connectivity index (χ0v) is 10.7. The van der Waals surface area contributed by atoms with Crippen LogP contribution in [0.3, 0.4) is 0 Å². The Balaban J connectivity index is 2.49. The molecular weight excluding hydrogens is 255 g/mol. The van der Waals surface area contributed by atoms with Crippen LogP contribution in [-0.4, -0.2) is 5.78 Å². The minimum atomic E-state index is -0.0401. The Labute approximate surface area is 110 Å². The molecule has 0 radical (unpaired) electrons. The first-order valence-electron chi connectivity index (χ1n) is 5.15. The zero-order valence-electron chi connectivity index (χ0n) is 9.21. The minimum absolute atomic E-state index is 0.0401. The lowest BCUT2D eigenvalue weighted by Crippen LogP contribution is -2.03. The monoisotopic (exact) mass is 264 g/mol. The molecule has 2 aromatic rings. The lowest BCUT2D eigenvalue weighted by atomic mass is 9.99. The summed E-state index contributed by atoms with van der Waals surface area (Å²) in [6.45, 7) is 1.80. The van der Waals surface area contributed by atoms with Gasteiger partial charge in [-0.05, 0) is 24.6 Å². The summed E-state index contributed by atoms with van der Waals surface area (Å²) in [6, 6.07) is 12.5. The molecule has 0 N–H and O–H groups in total. The van der Waals surface area contributed by atoms with Gasteiger partial charge < -0.3 is 0 Å². The highest BCUT2D eigenvalue weighted by molar-refractivity contribution is 6.42. The second kappa shape index (κ2) is 4.91. The summed E-state index contributed by atoms with van der Waals surface area (Å²) < 4.78 is 0. The number of ketones is 1. The van der Waals surface area contributed by atoms with Gasteiger partial charge in [-0.2, -0.15) is 0 Å². The molecule has 0 heterocycles. The van der Waals surface area contributed by atoms with E-state index < -0.39 is 0 Å². The van der Waals surface area contributed by atoms with Crippen LogP contribution in [0.25, 0.3) is 0 Å². The quantitative estimate of drug-likeness (QED) is 0.729. The summed E-state index contributed by atoms with van der Waals surface area (Å²) in [5.74, 6) is -0.0401. The largest absolute Gasteiger partial charge is 0.289 e. The maximum Gasteiger partial charge on any atom is 0.193 e. The fourth-order valence-electron chi connectivity index (χ4n) is 1.64. The van der Waals surface area contributed by atoms with Crippen molar-refractivity contribution in [1.82, 2.24) is 0 Å². The van der Waals surface area contributed by atoms with Crippen LogP contribution in [0.2, 0.25) is 10.0 Å². The fraction of sp³-hybridized carbons (Fsp3) is 0.0714. The van der Waals surface area contributed by atoms with Crippen molar-refractivity contribution in [1.29, 1.82) is 0 Å². The van der Waals surface area contributed by atoms with Crippen molar-refractivity contribution in [2.75, 3.05) is 0 Å². The van der Waals surface area contributed by atoms with Gasteiger partial charge in [0.25, 0.3) is 0 Å². The Morgan fingerprint density at radius 3 is 2.29 bits per heavy atom. The van der Waals surface area contributed by atoms with E-state index in [1.165, 1.54) is 0 Å². The molecule has 86 valence electrons. The van der Waals surface area contributed by atoms with Crippen LogP contribution in [0.4, 0.5) is 0 Å². The van der Waals surface area contributed by atoms with Gasteiger partial charge in [0.2, 0.25) is 0 Å².